The van der Waals surface area contributed by atoms with Gasteiger partial charge >= 0.3 is 0 Å². The van der Waals surface area contributed by atoms with Gasteiger partial charge in [-0.2, -0.15) is 4.52 Å². The number of halogens is 2. The Labute approximate surface area is 200 Å². The van der Waals surface area contributed by atoms with Crippen molar-refractivity contribution >= 4 is 45.2 Å². The third kappa shape index (κ3) is 4.06. The number of aryl methyl sites for hydroxylation is 1. The minimum Gasteiger partial charge on any atom is -0.492 e. The summed E-state index contributed by atoms with van der Waals surface area (Å²) in [6, 6.07) is 15.7. The molecule has 1 saturated heterocycles. The number of fused-ring (bicyclic) bond motifs is 1. The summed E-state index contributed by atoms with van der Waals surface area (Å²) >= 11 is 13.8. The zero-order valence-corrected chi connectivity index (χ0v) is 19.9. The Kier molecular flexibility index (Phi) is 5.99. The maximum Gasteiger partial charge on any atom is 0.230 e. The van der Waals surface area contributed by atoms with E-state index in [1.54, 1.807) is 4.52 Å². The van der Waals surface area contributed by atoms with Gasteiger partial charge in [0.1, 0.15) is 0 Å². The van der Waals surface area contributed by atoms with Gasteiger partial charge in [-0.1, -0.05) is 59.7 Å². The quantitative estimate of drug-likeness (QED) is 0.415. The molecule has 4 aromatic rings. The number of hydrogen-bond acceptors (Lipinski definition) is 6. The lowest BCUT2D eigenvalue weighted by Crippen LogP contribution is -2.47. The van der Waals surface area contributed by atoms with Crippen LogP contribution in [0.4, 0.5) is 5.69 Å². The van der Waals surface area contributed by atoms with E-state index in [2.05, 4.69) is 25.9 Å². The van der Waals surface area contributed by atoms with Gasteiger partial charge in [0.05, 0.1) is 10.9 Å². The van der Waals surface area contributed by atoms with Crippen molar-refractivity contribution in [3.63, 3.8) is 0 Å². The minimum absolute atomic E-state index is 0.104. The zero-order chi connectivity index (χ0) is 22.2. The molecule has 1 fully saturated rings. The van der Waals surface area contributed by atoms with E-state index >= 15 is 0 Å². The maximum absolute atomic E-state index is 11.1. The van der Waals surface area contributed by atoms with Gasteiger partial charge < -0.3 is 10.0 Å². The summed E-state index contributed by atoms with van der Waals surface area (Å²) in [6.45, 7) is 5.42. The Balaban J connectivity index is 1.47. The van der Waals surface area contributed by atoms with Crippen LogP contribution in [0.15, 0.2) is 48.5 Å². The van der Waals surface area contributed by atoms with E-state index in [1.807, 2.05) is 49.4 Å². The van der Waals surface area contributed by atoms with Crippen molar-refractivity contribution in [2.45, 2.75) is 19.4 Å². The normalized spacial score (nSPS) is 16.0. The molecule has 0 radical (unpaired) electrons. The molecule has 32 heavy (non-hydrogen) atoms. The molecular formula is C23H23Cl2N5OS. The van der Waals surface area contributed by atoms with Gasteiger partial charge in [0.15, 0.2) is 5.82 Å². The zero-order valence-electron chi connectivity index (χ0n) is 17.6. The van der Waals surface area contributed by atoms with Crippen LogP contribution in [0.3, 0.4) is 0 Å². The van der Waals surface area contributed by atoms with Crippen LogP contribution in [0.1, 0.15) is 29.2 Å². The van der Waals surface area contributed by atoms with Gasteiger partial charge in [-0.3, -0.25) is 4.90 Å². The topological polar surface area (TPSA) is 56.9 Å². The molecule has 166 valence electrons. The van der Waals surface area contributed by atoms with Crippen LogP contribution in [-0.2, 0) is 6.42 Å². The summed E-state index contributed by atoms with van der Waals surface area (Å²) in [7, 11) is 0. The van der Waals surface area contributed by atoms with Gasteiger partial charge in [-0.05, 0) is 35.9 Å². The Hall–Kier alpha value is -2.32. The Morgan fingerprint density at radius 2 is 1.78 bits per heavy atom. The highest BCUT2D eigenvalue weighted by Crippen LogP contribution is 2.40. The second-order valence-corrected chi connectivity index (χ2v) is 9.70. The van der Waals surface area contributed by atoms with Crippen LogP contribution in [0, 0.1) is 0 Å². The van der Waals surface area contributed by atoms with Crippen molar-refractivity contribution < 1.29 is 5.11 Å². The highest BCUT2D eigenvalue weighted by Gasteiger charge is 2.31. The van der Waals surface area contributed by atoms with E-state index in [-0.39, 0.29) is 11.9 Å². The van der Waals surface area contributed by atoms with Gasteiger partial charge in [0, 0.05) is 48.3 Å². The number of aromatic nitrogens is 3. The lowest BCUT2D eigenvalue weighted by Gasteiger charge is -2.40. The van der Waals surface area contributed by atoms with E-state index in [1.165, 1.54) is 11.3 Å². The molecule has 9 heteroatoms. The summed E-state index contributed by atoms with van der Waals surface area (Å²) in [5.41, 5.74) is 2.22. The van der Waals surface area contributed by atoms with Crippen molar-refractivity contribution in [2.75, 3.05) is 31.1 Å². The van der Waals surface area contributed by atoms with Gasteiger partial charge in [0.2, 0.25) is 10.8 Å². The van der Waals surface area contributed by atoms with Crippen LogP contribution < -0.4 is 4.90 Å². The molecule has 0 saturated carbocycles. The monoisotopic (exact) mass is 487 g/mol. The summed E-state index contributed by atoms with van der Waals surface area (Å²) in [4.78, 5) is 10.9. The summed E-state index contributed by atoms with van der Waals surface area (Å²) < 4.78 is 1.56. The van der Waals surface area contributed by atoms with Crippen LogP contribution in [0.25, 0.3) is 4.96 Å². The maximum atomic E-state index is 11.1. The van der Waals surface area contributed by atoms with E-state index in [0.717, 1.165) is 59.6 Å². The number of thiazole rings is 1. The van der Waals surface area contributed by atoms with Crippen LogP contribution in [0.5, 0.6) is 5.88 Å². The first-order valence-corrected chi connectivity index (χ1v) is 12.2. The average Bonchev–Trinajstić information content (AvgIpc) is 3.35. The second-order valence-electron chi connectivity index (χ2n) is 7.82. The molecule has 2 aromatic carbocycles. The smallest absolute Gasteiger partial charge is 0.230 e. The predicted octanol–water partition coefficient (Wildman–Crippen LogP) is 5.28. The van der Waals surface area contributed by atoms with Crippen molar-refractivity contribution in [1.82, 2.24) is 19.5 Å². The SMILES string of the molecule is CCc1nc2sc([C@@H](c3ccc(Cl)cc3)N3CCN(c4cccc(Cl)c4)CC3)c(O)n2n1. The first-order chi connectivity index (χ1) is 15.5. The van der Waals surface area contributed by atoms with E-state index in [0.29, 0.717) is 9.98 Å². The Bertz CT molecular complexity index is 1230. The molecule has 3 heterocycles. The number of hydrogen-bond donors (Lipinski definition) is 1. The molecule has 0 aliphatic carbocycles. The van der Waals surface area contributed by atoms with E-state index in [4.69, 9.17) is 23.2 Å². The fourth-order valence-corrected chi connectivity index (χ4v) is 5.65. The minimum atomic E-state index is -0.104. The number of nitrogens with zero attached hydrogens (tertiary/aromatic N) is 5. The number of anilines is 1. The summed E-state index contributed by atoms with van der Waals surface area (Å²) in [5.74, 6) is 0.894. The lowest BCUT2D eigenvalue weighted by atomic mass is 10.0. The highest BCUT2D eigenvalue weighted by molar-refractivity contribution is 7.17. The summed E-state index contributed by atoms with van der Waals surface area (Å²) in [5, 5.41) is 17.0. The second kappa shape index (κ2) is 8.90. The predicted molar refractivity (Wildman–Crippen MR) is 130 cm³/mol. The van der Waals surface area contributed by atoms with E-state index in [9.17, 15) is 5.11 Å². The van der Waals surface area contributed by atoms with Gasteiger partial charge in [-0.15, -0.1) is 5.10 Å². The molecule has 0 unspecified atom stereocenters. The number of benzene rings is 2. The third-order valence-electron chi connectivity index (χ3n) is 5.85. The molecule has 1 aliphatic rings. The lowest BCUT2D eigenvalue weighted by molar-refractivity contribution is 0.211. The molecule has 0 bridgehead atoms. The summed E-state index contributed by atoms with van der Waals surface area (Å²) in [6.07, 6.45) is 0.731. The van der Waals surface area contributed by atoms with Crippen molar-refractivity contribution in [3.05, 3.63) is 74.8 Å². The first kappa shape index (κ1) is 21.5. The van der Waals surface area contributed by atoms with E-state index < -0.39 is 0 Å². The van der Waals surface area contributed by atoms with Crippen molar-refractivity contribution in [1.29, 1.82) is 0 Å². The molecule has 6 nitrogen and oxygen atoms in total. The van der Waals surface area contributed by atoms with Gasteiger partial charge in [-0.25, -0.2) is 4.98 Å². The molecule has 1 aliphatic heterocycles. The number of aromatic hydroxyl groups is 1. The molecule has 0 spiro atoms. The first-order valence-electron chi connectivity index (χ1n) is 10.6. The Morgan fingerprint density at radius 3 is 2.44 bits per heavy atom. The van der Waals surface area contributed by atoms with Crippen molar-refractivity contribution in [3.8, 4) is 5.88 Å². The van der Waals surface area contributed by atoms with Crippen molar-refractivity contribution in [2.24, 2.45) is 0 Å². The molecular weight excluding hydrogens is 465 g/mol. The third-order valence-corrected chi connectivity index (χ3v) is 7.41. The molecule has 2 aromatic heterocycles. The van der Waals surface area contributed by atoms with Crippen LogP contribution >= 0.6 is 34.5 Å². The fraction of sp³-hybridized carbons (Fsp3) is 0.304. The average molecular weight is 488 g/mol. The standard InChI is InChI=1S/C23H23Cl2N5OS/c1-2-19-26-23-30(27-19)22(31)21(32-23)20(15-6-8-16(24)9-7-15)29-12-10-28(11-13-29)18-5-3-4-17(25)14-18/h3-9,14,20,31H,2,10-13H2,1H3/t20-/m1/s1. The Morgan fingerprint density at radius 1 is 1.03 bits per heavy atom. The fourth-order valence-electron chi connectivity index (χ4n) is 4.20. The molecule has 1 N–H and O–H groups in total. The van der Waals surface area contributed by atoms with Crippen LogP contribution in [0.2, 0.25) is 10.0 Å². The van der Waals surface area contributed by atoms with Gasteiger partial charge in [0.25, 0.3) is 0 Å². The van der Waals surface area contributed by atoms with Crippen LogP contribution in [-0.4, -0.2) is 50.8 Å². The highest BCUT2D eigenvalue weighted by atomic mass is 35.5. The number of rotatable bonds is 5. The molecule has 0 amide bonds. The molecule has 5 rings (SSSR count). The number of piperazine rings is 1. The molecule has 1 atom stereocenters. The largest absolute Gasteiger partial charge is 0.492 e.